The maximum Gasteiger partial charge on any atom is 0.0972 e. The number of H-pyrrole nitrogens is 2. The van der Waals surface area contributed by atoms with E-state index < -0.39 is 0 Å². The Morgan fingerprint density at radius 1 is 0.826 bits per heavy atom. The van der Waals surface area contributed by atoms with Crippen LogP contribution in [0.2, 0.25) is 0 Å². The fraction of sp³-hybridized carbons (Fsp3) is 0. The van der Waals surface area contributed by atoms with Gasteiger partial charge in [0.05, 0.1) is 16.7 Å². The van der Waals surface area contributed by atoms with E-state index in [0.29, 0.717) is 0 Å². The van der Waals surface area contributed by atoms with Crippen LogP contribution in [0.25, 0.3) is 44.0 Å². The van der Waals surface area contributed by atoms with E-state index in [1.807, 2.05) is 30.6 Å². The largest absolute Gasteiger partial charge is 0.360 e. The Kier molecular flexibility index (Phi) is 2.64. The van der Waals surface area contributed by atoms with Crippen molar-refractivity contribution in [1.29, 1.82) is 0 Å². The summed E-state index contributed by atoms with van der Waals surface area (Å²) in [5, 5.41) is 3.51. The number of nitrogens with zero attached hydrogens (tertiary/aromatic N) is 1. The average molecular weight is 362 g/mol. The number of halogens is 1. The van der Waals surface area contributed by atoms with Gasteiger partial charge in [-0.25, -0.2) is 4.98 Å². The molecule has 3 nitrogen and oxygen atoms in total. The number of rotatable bonds is 1. The normalized spacial score (nSPS) is 11.7. The quantitative estimate of drug-likeness (QED) is 0.399. The monoisotopic (exact) mass is 361 g/mol. The smallest absolute Gasteiger partial charge is 0.0972 e. The minimum atomic E-state index is 0.974. The van der Waals surface area contributed by atoms with Crippen LogP contribution in [-0.2, 0) is 0 Å². The number of hydrogen-bond acceptors (Lipinski definition) is 1. The standard InChI is InChI=1S/C19H12BrN3/c20-14-10-22-19-17(14)12-6-2-4-8-16(12)23-18(19)13-9-21-15-7-3-1-5-11(13)15/h1-10,21-22H. The van der Waals surface area contributed by atoms with Crippen LogP contribution in [0.1, 0.15) is 0 Å². The Bertz CT molecular complexity index is 1180. The Hall–Kier alpha value is -2.59. The van der Waals surface area contributed by atoms with Gasteiger partial charge in [-0.2, -0.15) is 0 Å². The zero-order valence-electron chi connectivity index (χ0n) is 12.1. The molecule has 3 heterocycles. The number of fused-ring (bicyclic) bond motifs is 4. The summed E-state index contributed by atoms with van der Waals surface area (Å²) in [6.07, 6.45) is 4.02. The van der Waals surface area contributed by atoms with Gasteiger partial charge in [0.2, 0.25) is 0 Å². The highest BCUT2D eigenvalue weighted by molar-refractivity contribution is 9.10. The highest BCUT2D eigenvalue weighted by atomic mass is 79.9. The molecule has 0 radical (unpaired) electrons. The molecular formula is C19H12BrN3. The molecule has 110 valence electrons. The molecule has 5 rings (SSSR count). The van der Waals surface area contributed by atoms with E-state index in [2.05, 4.69) is 56.2 Å². The predicted octanol–water partition coefficient (Wildman–Crippen LogP) is 5.63. The summed E-state index contributed by atoms with van der Waals surface area (Å²) in [5.74, 6) is 0. The second-order valence-electron chi connectivity index (χ2n) is 5.61. The number of aromatic amines is 2. The molecule has 0 saturated heterocycles. The van der Waals surface area contributed by atoms with Crippen molar-refractivity contribution in [2.45, 2.75) is 0 Å². The van der Waals surface area contributed by atoms with Crippen LogP contribution in [-0.4, -0.2) is 15.0 Å². The first-order chi connectivity index (χ1) is 11.3. The molecule has 0 aliphatic heterocycles. The first-order valence-corrected chi connectivity index (χ1v) is 8.24. The molecule has 0 spiro atoms. The average Bonchev–Trinajstić information content (AvgIpc) is 3.19. The van der Waals surface area contributed by atoms with Gasteiger partial charge in [-0.1, -0.05) is 36.4 Å². The zero-order valence-corrected chi connectivity index (χ0v) is 13.7. The van der Waals surface area contributed by atoms with Gasteiger partial charge in [0.25, 0.3) is 0 Å². The molecule has 5 aromatic rings. The first kappa shape index (κ1) is 12.9. The van der Waals surface area contributed by atoms with Crippen LogP contribution in [0.5, 0.6) is 0 Å². The lowest BCUT2D eigenvalue weighted by Gasteiger charge is -2.06. The summed E-state index contributed by atoms with van der Waals surface area (Å²) in [4.78, 5) is 11.7. The van der Waals surface area contributed by atoms with Crippen LogP contribution in [0.15, 0.2) is 65.4 Å². The molecular weight excluding hydrogens is 350 g/mol. The van der Waals surface area contributed by atoms with E-state index >= 15 is 0 Å². The van der Waals surface area contributed by atoms with Gasteiger partial charge in [-0.05, 0) is 28.1 Å². The second-order valence-corrected chi connectivity index (χ2v) is 6.47. The molecule has 0 fully saturated rings. The van der Waals surface area contributed by atoms with Gasteiger partial charge in [0.15, 0.2) is 0 Å². The van der Waals surface area contributed by atoms with Crippen molar-refractivity contribution in [3.63, 3.8) is 0 Å². The zero-order chi connectivity index (χ0) is 15.4. The molecule has 0 unspecified atom stereocenters. The van der Waals surface area contributed by atoms with E-state index in [-0.39, 0.29) is 0 Å². The Morgan fingerprint density at radius 3 is 2.52 bits per heavy atom. The molecule has 0 amide bonds. The van der Waals surface area contributed by atoms with E-state index in [9.17, 15) is 0 Å². The maximum atomic E-state index is 4.94. The van der Waals surface area contributed by atoms with Gasteiger partial charge in [0.1, 0.15) is 0 Å². The number of aromatic nitrogens is 3. The number of benzene rings is 2. The van der Waals surface area contributed by atoms with Crippen molar-refractivity contribution >= 4 is 48.6 Å². The summed E-state index contributed by atoms with van der Waals surface area (Å²) >= 11 is 3.67. The molecule has 4 heteroatoms. The SMILES string of the molecule is Brc1c[nH]c2c(-c3c[nH]c4ccccc34)nc3ccccc3c12. The van der Waals surface area contributed by atoms with E-state index in [0.717, 1.165) is 37.7 Å². The summed E-state index contributed by atoms with van der Waals surface area (Å²) in [5.41, 5.74) is 5.27. The highest BCUT2D eigenvalue weighted by Gasteiger charge is 2.16. The van der Waals surface area contributed by atoms with Gasteiger partial charge < -0.3 is 9.97 Å². The lowest BCUT2D eigenvalue weighted by Crippen LogP contribution is -1.88. The number of pyridine rings is 1. The summed E-state index contributed by atoms with van der Waals surface area (Å²) in [6.45, 7) is 0. The third-order valence-electron chi connectivity index (χ3n) is 4.32. The third kappa shape index (κ3) is 1.79. The predicted molar refractivity (Wildman–Crippen MR) is 98.6 cm³/mol. The molecule has 0 atom stereocenters. The van der Waals surface area contributed by atoms with Crippen LogP contribution in [0.4, 0.5) is 0 Å². The molecule has 23 heavy (non-hydrogen) atoms. The van der Waals surface area contributed by atoms with Gasteiger partial charge in [-0.15, -0.1) is 0 Å². The molecule has 2 aromatic carbocycles. The lowest BCUT2D eigenvalue weighted by atomic mass is 10.0. The Morgan fingerprint density at radius 2 is 1.61 bits per heavy atom. The summed E-state index contributed by atoms with van der Waals surface area (Å²) in [6, 6.07) is 16.6. The van der Waals surface area contributed by atoms with Crippen LogP contribution in [0, 0.1) is 0 Å². The van der Waals surface area contributed by atoms with E-state index in [4.69, 9.17) is 4.98 Å². The minimum absolute atomic E-state index is 0.974. The van der Waals surface area contributed by atoms with Crippen molar-refractivity contribution in [2.75, 3.05) is 0 Å². The van der Waals surface area contributed by atoms with Crippen molar-refractivity contribution < 1.29 is 0 Å². The van der Waals surface area contributed by atoms with Crippen molar-refractivity contribution in [3.05, 3.63) is 65.4 Å². The number of nitrogens with one attached hydrogen (secondary N) is 2. The van der Waals surface area contributed by atoms with Crippen molar-refractivity contribution in [1.82, 2.24) is 15.0 Å². The van der Waals surface area contributed by atoms with Crippen molar-refractivity contribution in [2.24, 2.45) is 0 Å². The van der Waals surface area contributed by atoms with Crippen LogP contribution < -0.4 is 0 Å². The Labute approximate surface area is 140 Å². The molecule has 0 saturated carbocycles. The molecule has 3 aromatic heterocycles. The van der Waals surface area contributed by atoms with Crippen LogP contribution >= 0.6 is 15.9 Å². The molecule has 0 bridgehead atoms. The molecule has 0 aliphatic rings. The summed E-state index contributed by atoms with van der Waals surface area (Å²) < 4.78 is 1.06. The third-order valence-corrected chi connectivity index (χ3v) is 4.94. The van der Waals surface area contributed by atoms with Crippen LogP contribution in [0.3, 0.4) is 0 Å². The number of para-hydroxylation sites is 2. The fourth-order valence-electron chi connectivity index (χ4n) is 3.27. The molecule has 0 aliphatic carbocycles. The second kappa shape index (κ2) is 4.70. The number of hydrogen-bond donors (Lipinski definition) is 2. The van der Waals surface area contributed by atoms with Gasteiger partial charge in [0, 0.05) is 44.1 Å². The minimum Gasteiger partial charge on any atom is -0.360 e. The first-order valence-electron chi connectivity index (χ1n) is 7.45. The highest BCUT2D eigenvalue weighted by Crippen LogP contribution is 2.38. The topological polar surface area (TPSA) is 44.5 Å². The van der Waals surface area contributed by atoms with Gasteiger partial charge in [-0.3, -0.25) is 0 Å². The van der Waals surface area contributed by atoms with E-state index in [1.54, 1.807) is 0 Å². The summed E-state index contributed by atoms with van der Waals surface area (Å²) in [7, 11) is 0. The van der Waals surface area contributed by atoms with Crippen molar-refractivity contribution in [3.8, 4) is 11.3 Å². The fourth-order valence-corrected chi connectivity index (χ4v) is 3.80. The lowest BCUT2D eigenvalue weighted by molar-refractivity contribution is 1.38. The molecule has 2 N–H and O–H groups in total. The Balaban J connectivity index is 1.97. The van der Waals surface area contributed by atoms with Gasteiger partial charge >= 0.3 is 0 Å². The van der Waals surface area contributed by atoms with E-state index in [1.165, 1.54) is 10.8 Å². The maximum absolute atomic E-state index is 4.94.